The molecule has 0 unspecified atom stereocenters. The van der Waals surface area contributed by atoms with Crippen LogP contribution in [0.3, 0.4) is 0 Å². The number of hydrogen-bond donors (Lipinski definition) is 2. The minimum atomic E-state index is -3.86. The van der Waals surface area contributed by atoms with Crippen LogP contribution in [0.25, 0.3) is 0 Å². The fourth-order valence-corrected chi connectivity index (χ4v) is 2.81. The normalized spacial score (nSPS) is 10.7. The molecule has 1 aromatic carbocycles. The number of rotatable bonds is 4. The number of anilines is 2. The van der Waals surface area contributed by atoms with Crippen molar-refractivity contribution in [1.82, 2.24) is 9.97 Å². The van der Waals surface area contributed by atoms with Crippen molar-refractivity contribution in [3.05, 3.63) is 40.6 Å². The Bertz CT molecular complexity index is 799. The van der Waals surface area contributed by atoms with Gasteiger partial charge < -0.3 is 5.32 Å². The molecule has 0 radical (unpaired) electrons. The average molecular weight is 368 g/mol. The molecule has 0 spiro atoms. The minimum Gasteiger partial charge on any atom is -0.357 e. The fraction of sp³-hybridized carbons (Fsp3) is 0.0833. The number of aromatic nitrogens is 2. The third-order valence-electron chi connectivity index (χ3n) is 2.51. The Kier molecular flexibility index (Phi) is 4.40. The van der Waals surface area contributed by atoms with Crippen LogP contribution >= 0.6 is 15.9 Å². The SMILES string of the molecule is CNc1ncc(S(=O)(=O)Nc2cc(Br)ccc2C#N)cn1. The summed E-state index contributed by atoms with van der Waals surface area (Å²) in [6.07, 6.45) is 2.37. The molecular weight excluding hydrogens is 358 g/mol. The largest absolute Gasteiger partial charge is 0.357 e. The Morgan fingerprint density at radius 2 is 1.95 bits per heavy atom. The van der Waals surface area contributed by atoms with Crippen molar-refractivity contribution in [2.45, 2.75) is 4.90 Å². The summed E-state index contributed by atoms with van der Waals surface area (Å²) in [4.78, 5) is 7.61. The summed E-state index contributed by atoms with van der Waals surface area (Å²) in [5.41, 5.74) is 0.402. The highest BCUT2D eigenvalue weighted by molar-refractivity contribution is 9.10. The first-order valence-corrected chi connectivity index (χ1v) is 7.96. The van der Waals surface area contributed by atoms with E-state index in [2.05, 4.69) is 35.9 Å². The zero-order valence-electron chi connectivity index (χ0n) is 10.8. The lowest BCUT2D eigenvalue weighted by atomic mass is 10.2. The molecule has 0 saturated heterocycles. The van der Waals surface area contributed by atoms with Crippen molar-refractivity contribution in [1.29, 1.82) is 5.26 Å². The van der Waals surface area contributed by atoms with Crippen molar-refractivity contribution in [2.75, 3.05) is 17.1 Å². The van der Waals surface area contributed by atoms with E-state index in [0.29, 0.717) is 10.4 Å². The van der Waals surface area contributed by atoms with Gasteiger partial charge in [0.25, 0.3) is 10.0 Å². The summed E-state index contributed by atoms with van der Waals surface area (Å²) in [6.45, 7) is 0. The van der Waals surface area contributed by atoms with Crippen LogP contribution < -0.4 is 10.0 Å². The first-order chi connectivity index (χ1) is 9.96. The summed E-state index contributed by atoms with van der Waals surface area (Å²) in [6, 6.07) is 6.61. The molecule has 0 fully saturated rings. The molecule has 2 aromatic rings. The summed E-state index contributed by atoms with van der Waals surface area (Å²) < 4.78 is 27.5. The molecule has 2 rings (SSSR count). The van der Waals surface area contributed by atoms with E-state index in [4.69, 9.17) is 5.26 Å². The molecule has 0 amide bonds. The van der Waals surface area contributed by atoms with Gasteiger partial charge in [0.15, 0.2) is 0 Å². The third kappa shape index (κ3) is 3.48. The van der Waals surface area contributed by atoms with Gasteiger partial charge in [-0.2, -0.15) is 5.26 Å². The van der Waals surface area contributed by atoms with Crippen LogP contribution in [-0.2, 0) is 10.0 Å². The van der Waals surface area contributed by atoms with Gasteiger partial charge in [-0.05, 0) is 18.2 Å². The quantitative estimate of drug-likeness (QED) is 0.854. The summed E-state index contributed by atoms with van der Waals surface area (Å²) in [5.74, 6) is 0.314. The average Bonchev–Trinajstić information content (AvgIpc) is 2.47. The highest BCUT2D eigenvalue weighted by Crippen LogP contribution is 2.23. The van der Waals surface area contributed by atoms with Gasteiger partial charge >= 0.3 is 0 Å². The van der Waals surface area contributed by atoms with E-state index < -0.39 is 10.0 Å². The lowest BCUT2D eigenvalue weighted by molar-refractivity contribution is 0.600. The molecule has 21 heavy (non-hydrogen) atoms. The van der Waals surface area contributed by atoms with Crippen LogP contribution in [0, 0.1) is 11.3 Å². The smallest absolute Gasteiger partial charge is 0.265 e. The van der Waals surface area contributed by atoms with E-state index in [0.717, 1.165) is 0 Å². The van der Waals surface area contributed by atoms with Crippen molar-refractivity contribution in [3.63, 3.8) is 0 Å². The van der Waals surface area contributed by atoms with Gasteiger partial charge in [0.05, 0.1) is 23.6 Å². The molecule has 0 aliphatic rings. The highest BCUT2D eigenvalue weighted by Gasteiger charge is 2.17. The van der Waals surface area contributed by atoms with Crippen molar-refractivity contribution < 1.29 is 8.42 Å². The van der Waals surface area contributed by atoms with Crippen molar-refractivity contribution in [2.24, 2.45) is 0 Å². The molecule has 0 atom stereocenters. The van der Waals surface area contributed by atoms with E-state index in [-0.39, 0.29) is 16.1 Å². The molecule has 2 N–H and O–H groups in total. The van der Waals surface area contributed by atoms with Crippen LogP contribution in [0.4, 0.5) is 11.6 Å². The van der Waals surface area contributed by atoms with Crippen molar-refractivity contribution in [3.8, 4) is 6.07 Å². The van der Waals surface area contributed by atoms with Crippen LogP contribution in [0.5, 0.6) is 0 Å². The summed E-state index contributed by atoms with van der Waals surface area (Å²) in [5, 5.41) is 11.7. The highest BCUT2D eigenvalue weighted by atomic mass is 79.9. The second kappa shape index (κ2) is 6.07. The van der Waals surface area contributed by atoms with Crippen LogP contribution in [-0.4, -0.2) is 25.4 Å². The molecule has 0 aliphatic carbocycles. The second-order valence-corrected chi connectivity index (χ2v) is 6.50. The zero-order chi connectivity index (χ0) is 15.5. The molecule has 9 heteroatoms. The molecule has 108 valence electrons. The lowest BCUT2D eigenvalue weighted by Gasteiger charge is -2.09. The van der Waals surface area contributed by atoms with Crippen molar-refractivity contribution >= 4 is 37.6 Å². The predicted octanol–water partition coefficient (Wildman–Crippen LogP) is 1.95. The fourth-order valence-electron chi connectivity index (χ4n) is 1.49. The Morgan fingerprint density at radius 3 is 2.52 bits per heavy atom. The van der Waals surface area contributed by atoms with Gasteiger partial charge in [-0.3, -0.25) is 4.72 Å². The number of benzene rings is 1. The standard InChI is InChI=1S/C12H10BrN5O2S/c1-15-12-16-6-10(7-17-12)21(19,20)18-11-4-9(13)3-2-8(11)5-14/h2-4,6-7,18H,1H3,(H,15,16,17). The molecule has 7 nitrogen and oxygen atoms in total. The van der Waals surface area contributed by atoms with Gasteiger partial charge in [0.2, 0.25) is 5.95 Å². The number of nitriles is 1. The van der Waals surface area contributed by atoms with Crippen LogP contribution in [0.1, 0.15) is 5.56 Å². The second-order valence-electron chi connectivity index (χ2n) is 3.90. The number of nitrogens with one attached hydrogen (secondary N) is 2. The monoisotopic (exact) mass is 367 g/mol. The van der Waals surface area contributed by atoms with Gasteiger partial charge in [-0.15, -0.1) is 0 Å². The molecule has 0 saturated carbocycles. The maximum absolute atomic E-state index is 12.2. The Labute approximate surface area is 130 Å². The number of hydrogen-bond acceptors (Lipinski definition) is 6. The van der Waals surface area contributed by atoms with Gasteiger partial charge in [-0.1, -0.05) is 15.9 Å². The predicted molar refractivity (Wildman–Crippen MR) is 81.2 cm³/mol. The maximum atomic E-state index is 12.2. The van der Waals surface area contributed by atoms with E-state index >= 15 is 0 Å². The molecule has 1 aromatic heterocycles. The Morgan fingerprint density at radius 1 is 1.29 bits per heavy atom. The summed E-state index contributed by atoms with van der Waals surface area (Å²) >= 11 is 3.23. The summed E-state index contributed by atoms with van der Waals surface area (Å²) in [7, 11) is -2.23. The van der Waals surface area contributed by atoms with E-state index in [1.807, 2.05) is 6.07 Å². The van der Waals surface area contributed by atoms with E-state index in [1.54, 1.807) is 13.1 Å². The Balaban J connectivity index is 2.37. The molecular formula is C12H10BrN5O2S. The van der Waals surface area contributed by atoms with Crippen LogP contribution in [0.2, 0.25) is 0 Å². The van der Waals surface area contributed by atoms with E-state index in [1.165, 1.54) is 24.5 Å². The van der Waals surface area contributed by atoms with Gasteiger partial charge in [0.1, 0.15) is 11.0 Å². The topological polar surface area (TPSA) is 108 Å². The first-order valence-electron chi connectivity index (χ1n) is 5.68. The van der Waals surface area contributed by atoms with Gasteiger partial charge in [0, 0.05) is 11.5 Å². The molecule has 1 heterocycles. The Hall–Kier alpha value is -2.18. The zero-order valence-corrected chi connectivity index (χ0v) is 13.2. The van der Waals surface area contributed by atoms with E-state index in [9.17, 15) is 8.42 Å². The molecule has 0 bridgehead atoms. The number of halogens is 1. The number of sulfonamides is 1. The van der Waals surface area contributed by atoms with Gasteiger partial charge in [-0.25, -0.2) is 18.4 Å². The number of nitrogens with zero attached hydrogens (tertiary/aromatic N) is 3. The maximum Gasteiger partial charge on any atom is 0.265 e. The molecule has 0 aliphatic heterocycles. The third-order valence-corrected chi connectivity index (χ3v) is 4.32. The lowest BCUT2D eigenvalue weighted by Crippen LogP contribution is -2.15. The van der Waals surface area contributed by atoms with Crippen LogP contribution in [0.15, 0.2) is 40.0 Å². The first kappa shape index (κ1) is 15.2. The minimum absolute atomic E-state index is 0.0923.